The molecule has 42 heavy (non-hydrogen) atoms. The van der Waals surface area contributed by atoms with Crippen molar-refractivity contribution in [1.29, 1.82) is 0 Å². The number of nitrogens with one attached hydrogen (secondary N) is 3. The van der Waals surface area contributed by atoms with Gasteiger partial charge in [-0.25, -0.2) is 4.99 Å². The number of halogens is 1. The van der Waals surface area contributed by atoms with Gasteiger partial charge in [-0.2, -0.15) is 0 Å². The molecule has 0 bridgehead atoms. The van der Waals surface area contributed by atoms with Crippen LogP contribution in [-0.4, -0.2) is 102 Å². The molecule has 2 aromatic carbocycles. The van der Waals surface area contributed by atoms with Crippen LogP contribution in [0.25, 0.3) is 0 Å². The number of methoxy groups -OCH3 is 2. The van der Waals surface area contributed by atoms with Crippen molar-refractivity contribution in [2.45, 2.75) is 25.2 Å². The number of rotatable bonds is 9. The first-order valence-electron chi connectivity index (χ1n) is 14.5. The molecule has 2 fully saturated rings. The maximum absolute atomic E-state index is 12.5. The zero-order chi connectivity index (χ0) is 29.9. The molecule has 10 nitrogen and oxygen atoms in total. The Morgan fingerprint density at radius 1 is 0.952 bits per heavy atom. The van der Waals surface area contributed by atoms with Crippen LogP contribution in [0.5, 0.6) is 11.5 Å². The van der Waals surface area contributed by atoms with E-state index in [0.29, 0.717) is 28.3 Å². The highest BCUT2D eigenvalue weighted by Crippen LogP contribution is 2.38. The molecule has 3 aliphatic rings. The van der Waals surface area contributed by atoms with Gasteiger partial charge in [0.1, 0.15) is 24.5 Å². The molecule has 0 radical (unpaired) electrons. The minimum absolute atomic E-state index is 0.429. The Balaban J connectivity index is 1.21. The minimum atomic E-state index is -2.42. The molecule has 3 N–H and O–H groups in total. The molecule has 2 saturated heterocycles. The summed E-state index contributed by atoms with van der Waals surface area (Å²) in [5.74, 6) is 1.90. The van der Waals surface area contributed by atoms with E-state index in [1.807, 2.05) is 18.2 Å². The summed E-state index contributed by atoms with van der Waals surface area (Å²) in [4.78, 5) is 12.1. The van der Waals surface area contributed by atoms with Crippen LogP contribution in [0.3, 0.4) is 0 Å². The summed E-state index contributed by atoms with van der Waals surface area (Å²) >= 11 is 6.49. The summed E-state index contributed by atoms with van der Waals surface area (Å²) in [5, 5.41) is 11.2. The number of nitrogens with zero attached hydrogens (tertiary/aromatic N) is 4. The number of piperazine rings is 1. The number of benzene rings is 2. The predicted molar refractivity (Wildman–Crippen MR) is 175 cm³/mol. The molecule has 0 saturated carbocycles. The van der Waals surface area contributed by atoms with Gasteiger partial charge in [0.2, 0.25) is 0 Å². The second-order valence-corrected chi connectivity index (χ2v) is 15.1. The van der Waals surface area contributed by atoms with Crippen molar-refractivity contribution in [1.82, 2.24) is 15.1 Å². The van der Waals surface area contributed by atoms with Crippen LogP contribution in [0.2, 0.25) is 0 Å². The first-order chi connectivity index (χ1) is 20.1. The fraction of sp³-hybridized carbons (Fsp3) is 0.500. The molecule has 12 heteroatoms. The second kappa shape index (κ2) is 13.2. The lowest BCUT2D eigenvalue weighted by molar-refractivity contribution is 0.0982. The predicted octanol–water partition coefficient (Wildman–Crippen LogP) is 4.06. The average Bonchev–Trinajstić information content (AvgIpc) is 2.99. The lowest BCUT2D eigenvalue weighted by Gasteiger charge is -2.42. The standard InChI is InChI=1S/C30H43ClN7O3P/c1-36-14-16-38(17-15-36)21-10-12-37(13-11-21)22-6-8-26(27(18-22)40-2)34-30-32-20-24(31)29(35-30)33-25-9-7-23(42(4,5)39)19-28(25)41-3/h6-9,18-21,30,33-35H,10-17H2,1-5H3. The number of piperidine rings is 1. The SMILES string of the molecule is COc1cc(P(C)(C)=O)ccc1NC1=C(Cl)C=NC(Nc2ccc(N3CCC(N4CCN(C)CC4)CC3)cc2OC)N1. The van der Waals surface area contributed by atoms with Gasteiger partial charge in [0.25, 0.3) is 0 Å². The van der Waals surface area contributed by atoms with Crippen molar-refractivity contribution in [3.63, 3.8) is 0 Å². The molecule has 0 aromatic heterocycles. The summed E-state index contributed by atoms with van der Waals surface area (Å²) in [6, 6.07) is 12.4. The highest BCUT2D eigenvalue weighted by Gasteiger charge is 2.27. The smallest absolute Gasteiger partial charge is 0.195 e. The van der Waals surface area contributed by atoms with E-state index >= 15 is 0 Å². The Bertz CT molecular complexity index is 1360. The average molecular weight is 616 g/mol. The lowest BCUT2D eigenvalue weighted by atomic mass is 10.0. The van der Waals surface area contributed by atoms with E-state index in [1.54, 1.807) is 39.8 Å². The Kier molecular flexibility index (Phi) is 9.57. The van der Waals surface area contributed by atoms with Gasteiger partial charge in [-0.05, 0) is 63.6 Å². The van der Waals surface area contributed by atoms with E-state index in [0.717, 1.165) is 42.9 Å². The van der Waals surface area contributed by atoms with Crippen LogP contribution >= 0.6 is 18.7 Å². The normalized spacial score (nSPS) is 20.8. The van der Waals surface area contributed by atoms with E-state index < -0.39 is 13.4 Å². The molecule has 0 spiro atoms. The number of allylic oxidation sites excluding steroid dienone is 1. The second-order valence-electron chi connectivity index (χ2n) is 11.5. The van der Waals surface area contributed by atoms with Crippen molar-refractivity contribution in [2.24, 2.45) is 4.99 Å². The lowest BCUT2D eigenvalue weighted by Crippen LogP contribution is -2.52. The Hall–Kier alpha value is -2.91. The summed E-state index contributed by atoms with van der Waals surface area (Å²) in [5.41, 5.74) is 2.69. The highest BCUT2D eigenvalue weighted by molar-refractivity contribution is 7.70. The highest BCUT2D eigenvalue weighted by atomic mass is 35.5. The number of anilines is 3. The van der Waals surface area contributed by atoms with Gasteiger partial charge in [0.05, 0.1) is 30.6 Å². The summed E-state index contributed by atoms with van der Waals surface area (Å²) in [7, 11) is 3.06. The molecule has 0 amide bonds. The zero-order valence-corrected chi connectivity index (χ0v) is 26.8. The van der Waals surface area contributed by atoms with Crippen molar-refractivity contribution in [2.75, 3.05) is 89.4 Å². The zero-order valence-electron chi connectivity index (χ0n) is 25.2. The van der Waals surface area contributed by atoms with E-state index in [-0.39, 0.29) is 0 Å². The number of ether oxygens (including phenoxy) is 2. The molecular formula is C30H43ClN7O3P. The Morgan fingerprint density at radius 3 is 2.29 bits per heavy atom. The third-order valence-electron chi connectivity index (χ3n) is 8.28. The van der Waals surface area contributed by atoms with Crippen molar-refractivity contribution in [3.8, 4) is 11.5 Å². The van der Waals surface area contributed by atoms with Gasteiger partial charge >= 0.3 is 0 Å². The summed E-state index contributed by atoms with van der Waals surface area (Å²) < 4.78 is 23.9. The Labute approximate surface area is 254 Å². The molecule has 3 heterocycles. The van der Waals surface area contributed by atoms with Crippen LogP contribution in [0, 0.1) is 0 Å². The first-order valence-corrected chi connectivity index (χ1v) is 17.4. The van der Waals surface area contributed by atoms with Crippen molar-refractivity contribution in [3.05, 3.63) is 47.3 Å². The van der Waals surface area contributed by atoms with Gasteiger partial charge in [0.15, 0.2) is 6.29 Å². The fourth-order valence-corrected chi connectivity index (χ4v) is 6.71. The molecular weight excluding hydrogens is 573 g/mol. The monoisotopic (exact) mass is 615 g/mol. The summed E-state index contributed by atoms with van der Waals surface area (Å²) in [6.07, 6.45) is 3.49. The van der Waals surface area contributed by atoms with Crippen LogP contribution in [0.1, 0.15) is 12.8 Å². The summed E-state index contributed by atoms with van der Waals surface area (Å²) in [6.45, 7) is 10.2. The maximum atomic E-state index is 12.5. The van der Waals surface area contributed by atoms with Crippen molar-refractivity contribution < 1.29 is 14.0 Å². The molecule has 3 aliphatic heterocycles. The molecule has 1 unspecified atom stereocenters. The number of likely N-dealkylation sites (N-methyl/N-ethyl adjacent to an activating group) is 1. The van der Waals surface area contributed by atoms with Crippen LogP contribution < -0.4 is 35.6 Å². The van der Waals surface area contributed by atoms with Crippen molar-refractivity contribution >= 4 is 47.3 Å². The quantitative estimate of drug-likeness (QED) is 0.361. The minimum Gasteiger partial charge on any atom is -0.495 e. The molecule has 0 aliphatic carbocycles. The topological polar surface area (TPSA) is 93.7 Å². The molecule has 5 rings (SSSR count). The molecule has 1 atom stereocenters. The van der Waals surface area contributed by atoms with Gasteiger partial charge < -0.3 is 39.8 Å². The number of aliphatic imine (C=N–C) groups is 1. The van der Waals surface area contributed by atoms with Gasteiger partial charge in [-0.3, -0.25) is 4.90 Å². The molecule has 228 valence electrons. The van der Waals surface area contributed by atoms with Gasteiger partial charge in [-0.1, -0.05) is 11.6 Å². The Morgan fingerprint density at radius 2 is 1.62 bits per heavy atom. The fourth-order valence-electron chi connectivity index (χ4n) is 5.69. The maximum Gasteiger partial charge on any atom is 0.195 e. The van der Waals surface area contributed by atoms with Crippen LogP contribution in [0.4, 0.5) is 17.1 Å². The number of hydrogen-bond donors (Lipinski definition) is 3. The largest absolute Gasteiger partial charge is 0.495 e. The first kappa shape index (κ1) is 30.5. The van der Waals surface area contributed by atoms with E-state index in [9.17, 15) is 4.57 Å². The van der Waals surface area contributed by atoms with Gasteiger partial charge in [0, 0.05) is 68.6 Å². The third-order valence-corrected chi connectivity index (χ3v) is 10.1. The van der Waals surface area contributed by atoms with Gasteiger partial charge in [-0.15, -0.1) is 0 Å². The van der Waals surface area contributed by atoms with Crippen LogP contribution in [0.15, 0.2) is 52.2 Å². The third kappa shape index (κ3) is 7.17. The number of hydrogen-bond acceptors (Lipinski definition) is 10. The molecule has 2 aromatic rings. The van der Waals surface area contributed by atoms with E-state index in [2.05, 4.69) is 54.8 Å². The van der Waals surface area contributed by atoms with E-state index in [4.69, 9.17) is 21.1 Å². The van der Waals surface area contributed by atoms with Crippen LogP contribution in [-0.2, 0) is 4.57 Å². The van der Waals surface area contributed by atoms with E-state index in [1.165, 1.54) is 31.6 Å².